The molecule has 6 rings (SSSR count). The van der Waals surface area contributed by atoms with Crippen LogP contribution < -0.4 is 16.0 Å². The molecule has 3 N–H and O–H groups in total. The fourth-order valence-electron chi connectivity index (χ4n) is 7.28. The molecule has 0 saturated carbocycles. The van der Waals surface area contributed by atoms with E-state index in [2.05, 4.69) is 71.0 Å². The zero-order valence-electron chi connectivity index (χ0n) is 32.5. The summed E-state index contributed by atoms with van der Waals surface area (Å²) in [5.41, 5.74) is 7.27. The topological polar surface area (TPSA) is 126 Å². The second-order valence-electron chi connectivity index (χ2n) is 15.3. The summed E-state index contributed by atoms with van der Waals surface area (Å²) in [6.45, 7) is 17.6. The van der Waals surface area contributed by atoms with Gasteiger partial charge in [-0.1, -0.05) is 42.8 Å². The lowest BCUT2D eigenvalue weighted by molar-refractivity contribution is 0.000555. The summed E-state index contributed by atoms with van der Waals surface area (Å²) >= 11 is 6.75. The average molecular weight is 759 g/mol. The van der Waals surface area contributed by atoms with Crippen LogP contribution in [0.1, 0.15) is 76.8 Å². The summed E-state index contributed by atoms with van der Waals surface area (Å²) < 4.78 is 13.1. The van der Waals surface area contributed by atoms with Gasteiger partial charge in [-0.3, -0.25) is 4.90 Å². The monoisotopic (exact) mass is 758 g/mol. The number of hydrogen-bond acceptors (Lipinski definition) is 8. The molecular formula is C41H55ClN8O4. The highest BCUT2D eigenvalue weighted by Gasteiger charge is 2.31. The predicted octanol–water partition coefficient (Wildman–Crippen LogP) is 7.37. The number of hydrogen-bond donors (Lipinski definition) is 3. The molecule has 54 heavy (non-hydrogen) atoms. The summed E-state index contributed by atoms with van der Waals surface area (Å²) in [6.07, 6.45) is 4.18. The largest absolute Gasteiger partial charge is 0.444 e. The van der Waals surface area contributed by atoms with E-state index in [9.17, 15) is 9.59 Å². The molecule has 13 heteroatoms. The van der Waals surface area contributed by atoms with E-state index in [1.54, 1.807) is 0 Å². The molecule has 0 aliphatic carbocycles. The number of carbonyl (C=O) groups excluding carboxylic acids is 2. The van der Waals surface area contributed by atoms with Gasteiger partial charge in [0.25, 0.3) is 0 Å². The number of carbonyl (C=O) groups is 2. The minimum Gasteiger partial charge on any atom is -0.444 e. The number of aryl methyl sites for hydroxylation is 2. The molecule has 0 bridgehead atoms. The number of nitrogens with one attached hydrogen (secondary N) is 3. The van der Waals surface area contributed by atoms with Crippen molar-refractivity contribution in [3.05, 3.63) is 76.1 Å². The van der Waals surface area contributed by atoms with Gasteiger partial charge in [-0.25, -0.2) is 19.3 Å². The van der Waals surface area contributed by atoms with Gasteiger partial charge >= 0.3 is 12.1 Å². The number of amides is 3. The number of ether oxygens (including phenoxy) is 2. The van der Waals surface area contributed by atoms with E-state index in [-0.39, 0.29) is 24.2 Å². The van der Waals surface area contributed by atoms with Gasteiger partial charge in [0, 0.05) is 93.0 Å². The Labute approximate surface area is 323 Å². The van der Waals surface area contributed by atoms with Gasteiger partial charge < -0.3 is 30.3 Å². The smallest absolute Gasteiger partial charge is 0.410 e. The van der Waals surface area contributed by atoms with Crippen LogP contribution in [0.3, 0.4) is 0 Å². The lowest BCUT2D eigenvalue weighted by Crippen LogP contribution is -2.54. The van der Waals surface area contributed by atoms with Gasteiger partial charge in [-0.05, 0) is 88.8 Å². The van der Waals surface area contributed by atoms with Crippen molar-refractivity contribution in [1.82, 2.24) is 35.2 Å². The number of nitrogens with zero attached hydrogens (tertiary/aromatic N) is 5. The molecule has 2 aliphatic rings. The van der Waals surface area contributed by atoms with E-state index in [4.69, 9.17) is 26.1 Å². The van der Waals surface area contributed by atoms with Crippen LogP contribution in [0, 0.1) is 0 Å². The van der Waals surface area contributed by atoms with E-state index >= 15 is 0 Å². The molecule has 4 heterocycles. The molecule has 290 valence electrons. The Morgan fingerprint density at radius 3 is 2.52 bits per heavy atom. The molecular weight excluding hydrogens is 704 g/mol. The number of aromatic nitrogens is 3. The van der Waals surface area contributed by atoms with Crippen LogP contribution in [0.25, 0.3) is 22.2 Å². The molecule has 2 saturated heterocycles. The minimum atomic E-state index is -0.518. The molecule has 2 aliphatic heterocycles. The van der Waals surface area contributed by atoms with Crippen molar-refractivity contribution in [1.29, 1.82) is 0 Å². The number of pyridine rings is 1. The van der Waals surface area contributed by atoms with Crippen LogP contribution in [0.4, 0.5) is 15.3 Å². The van der Waals surface area contributed by atoms with Crippen molar-refractivity contribution in [2.45, 2.75) is 105 Å². The fourth-order valence-corrected chi connectivity index (χ4v) is 7.51. The highest BCUT2D eigenvalue weighted by atomic mass is 35.5. The SMILES string of the molecule is CCc1nc2c(cnn2CC)c(NC2CCOCC2)c1CNC(=O)NCc1ccc(Cl)c(-c2cccc(CN3CCN(C(=O)OC(C)(C)C)[C@H](C)C3)c2)c1. The highest BCUT2D eigenvalue weighted by Crippen LogP contribution is 2.32. The van der Waals surface area contributed by atoms with Crippen molar-refractivity contribution in [2.24, 2.45) is 0 Å². The third kappa shape index (κ3) is 9.64. The van der Waals surface area contributed by atoms with Gasteiger partial charge in [0.15, 0.2) is 5.65 Å². The zero-order chi connectivity index (χ0) is 38.4. The van der Waals surface area contributed by atoms with Crippen molar-refractivity contribution in [3.8, 4) is 11.1 Å². The average Bonchev–Trinajstić information content (AvgIpc) is 3.56. The van der Waals surface area contributed by atoms with Gasteiger partial charge in [-0.15, -0.1) is 0 Å². The van der Waals surface area contributed by atoms with Crippen molar-refractivity contribution >= 4 is 40.4 Å². The quantitative estimate of drug-likeness (QED) is 0.145. The Morgan fingerprint density at radius 1 is 1.02 bits per heavy atom. The van der Waals surface area contributed by atoms with Crippen LogP contribution in [0.15, 0.2) is 48.7 Å². The first-order chi connectivity index (χ1) is 25.9. The van der Waals surface area contributed by atoms with E-state index in [1.807, 2.05) is 54.7 Å². The Morgan fingerprint density at radius 2 is 1.80 bits per heavy atom. The van der Waals surface area contributed by atoms with Crippen molar-refractivity contribution in [3.63, 3.8) is 0 Å². The molecule has 2 aromatic carbocycles. The Kier molecular flexibility index (Phi) is 12.7. The molecule has 2 aromatic heterocycles. The maximum absolute atomic E-state index is 13.2. The van der Waals surface area contributed by atoms with E-state index < -0.39 is 5.60 Å². The highest BCUT2D eigenvalue weighted by molar-refractivity contribution is 6.33. The summed E-state index contributed by atoms with van der Waals surface area (Å²) in [5, 5.41) is 16.1. The molecule has 2 fully saturated rings. The maximum atomic E-state index is 13.2. The summed E-state index contributed by atoms with van der Waals surface area (Å²) in [6, 6.07) is 14.3. The van der Waals surface area contributed by atoms with Crippen molar-refractivity contribution in [2.75, 3.05) is 38.2 Å². The van der Waals surface area contributed by atoms with E-state index in [0.29, 0.717) is 24.7 Å². The van der Waals surface area contributed by atoms with Crippen LogP contribution in [0.2, 0.25) is 5.02 Å². The number of urea groups is 1. The van der Waals surface area contributed by atoms with Crippen LogP contribution >= 0.6 is 11.6 Å². The van der Waals surface area contributed by atoms with Crippen molar-refractivity contribution < 1.29 is 19.1 Å². The van der Waals surface area contributed by atoms with Crippen LogP contribution in [0.5, 0.6) is 0 Å². The number of halogens is 1. The van der Waals surface area contributed by atoms with Gasteiger partial charge in [-0.2, -0.15) is 5.10 Å². The van der Waals surface area contributed by atoms with Crippen LogP contribution in [-0.4, -0.2) is 87.2 Å². The number of anilines is 1. The van der Waals surface area contributed by atoms with Gasteiger partial charge in [0.05, 0.1) is 17.3 Å². The summed E-state index contributed by atoms with van der Waals surface area (Å²) in [5.74, 6) is 0. The third-order valence-corrected chi connectivity index (χ3v) is 10.4. The molecule has 0 unspecified atom stereocenters. The molecule has 1 atom stereocenters. The number of fused-ring (bicyclic) bond motifs is 1. The Balaban J connectivity index is 1.09. The summed E-state index contributed by atoms with van der Waals surface area (Å²) in [7, 11) is 0. The zero-order valence-corrected chi connectivity index (χ0v) is 33.3. The first-order valence-electron chi connectivity index (χ1n) is 19.2. The maximum Gasteiger partial charge on any atom is 0.410 e. The molecule has 12 nitrogen and oxygen atoms in total. The lowest BCUT2D eigenvalue weighted by atomic mass is 10.0. The standard InChI is InChI=1S/C41H55ClN8O4/c1-7-36-33(37(46-31-14-18-53-19-15-31)34-24-45-50(8-2)38(34)47-36)23-44-39(51)43-22-28-12-13-35(42)32(21-28)30-11-9-10-29(20-30)26-48-16-17-49(27(3)25-48)40(52)54-41(4,5)6/h9-13,20-21,24,27,31H,7-8,14-19,22-23,25-26H2,1-6H3,(H,46,47)(H2,43,44,51)/t27-/m1/s1. The lowest BCUT2D eigenvalue weighted by Gasteiger charge is -2.40. The van der Waals surface area contributed by atoms with Gasteiger partial charge in [0.2, 0.25) is 0 Å². The first-order valence-corrected chi connectivity index (χ1v) is 19.6. The number of benzene rings is 2. The summed E-state index contributed by atoms with van der Waals surface area (Å²) in [4.78, 5) is 35.1. The van der Waals surface area contributed by atoms with E-state index in [0.717, 1.165) is 109 Å². The number of rotatable bonds is 11. The third-order valence-electron chi connectivity index (χ3n) is 10.1. The van der Waals surface area contributed by atoms with Gasteiger partial charge in [0.1, 0.15) is 5.60 Å². The molecule has 4 aromatic rings. The molecule has 3 amide bonds. The van der Waals surface area contributed by atoms with E-state index in [1.165, 1.54) is 0 Å². The molecule has 0 radical (unpaired) electrons. The normalized spacial score (nSPS) is 17.1. The first kappa shape index (κ1) is 39.3. The Bertz CT molecular complexity index is 1940. The fraction of sp³-hybridized carbons (Fsp3) is 0.512. The minimum absolute atomic E-state index is 0.0448. The number of piperazine rings is 1. The van der Waals surface area contributed by atoms with Crippen LogP contribution in [-0.2, 0) is 42.1 Å². The Hall–Kier alpha value is -4.39. The second kappa shape index (κ2) is 17.4. The molecule has 0 spiro atoms. The predicted molar refractivity (Wildman–Crippen MR) is 214 cm³/mol. The second-order valence-corrected chi connectivity index (χ2v) is 15.7.